The second-order valence-corrected chi connectivity index (χ2v) is 8.55. The molecule has 0 spiro atoms. The van der Waals surface area contributed by atoms with Crippen LogP contribution in [0, 0.1) is 0 Å². The third-order valence-electron chi connectivity index (χ3n) is 5.89. The SMILES string of the molecule is CCCN1C(=O)c2[nH]nc(-c3ccccc3)c2C1c1ccc(OCc2ccc(Cl)cc2)cc1. The zero-order valence-electron chi connectivity index (χ0n) is 18.3. The Bertz CT molecular complexity index is 1250. The van der Waals surface area contributed by atoms with Gasteiger partial charge in [0.2, 0.25) is 0 Å². The number of hydrogen-bond donors (Lipinski definition) is 1. The number of hydrogen-bond acceptors (Lipinski definition) is 3. The van der Waals surface area contributed by atoms with E-state index in [1.54, 1.807) is 0 Å². The van der Waals surface area contributed by atoms with Crippen molar-refractivity contribution in [2.24, 2.45) is 0 Å². The van der Waals surface area contributed by atoms with Gasteiger partial charge < -0.3 is 9.64 Å². The molecule has 1 aromatic heterocycles. The first-order chi connectivity index (χ1) is 16.2. The Labute approximate surface area is 198 Å². The first kappa shape index (κ1) is 21.3. The molecular weight excluding hydrogens is 434 g/mol. The van der Waals surface area contributed by atoms with E-state index in [1.165, 1.54) is 0 Å². The molecule has 6 heteroatoms. The number of aromatic amines is 1. The van der Waals surface area contributed by atoms with Crippen LogP contribution in [-0.4, -0.2) is 27.5 Å². The van der Waals surface area contributed by atoms with Crippen molar-refractivity contribution in [1.29, 1.82) is 0 Å². The Morgan fingerprint density at radius 1 is 1.00 bits per heavy atom. The fraction of sp³-hybridized carbons (Fsp3) is 0.185. The van der Waals surface area contributed by atoms with Crippen molar-refractivity contribution >= 4 is 17.5 Å². The van der Waals surface area contributed by atoms with E-state index in [4.69, 9.17) is 16.3 Å². The van der Waals surface area contributed by atoms with Gasteiger partial charge >= 0.3 is 0 Å². The maximum atomic E-state index is 13.2. The molecule has 0 bridgehead atoms. The van der Waals surface area contributed by atoms with E-state index < -0.39 is 0 Å². The molecule has 1 atom stereocenters. The fourth-order valence-electron chi connectivity index (χ4n) is 4.32. The summed E-state index contributed by atoms with van der Waals surface area (Å²) in [6.07, 6.45) is 0.878. The second kappa shape index (κ2) is 9.12. The summed E-state index contributed by atoms with van der Waals surface area (Å²) in [5.74, 6) is 0.769. The smallest absolute Gasteiger partial charge is 0.273 e. The van der Waals surface area contributed by atoms with Crippen LogP contribution < -0.4 is 4.74 Å². The second-order valence-electron chi connectivity index (χ2n) is 8.11. The molecular formula is C27H24ClN3O2. The third-order valence-corrected chi connectivity index (χ3v) is 6.14. The largest absolute Gasteiger partial charge is 0.489 e. The van der Waals surface area contributed by atoms with Crippen molar-refractivity contribution in [2.45, 2.75) is 26.0 Å². The summed E-state index contributed by atoms with van der Waals surface area (Å²) >= 11 is 5.96. The van der Waals surface area contributed by atoms with Crippen LogP contribution >= 0.6 is 11.6 Å². The molecule has 1 amide bonds. The van der Waals surface area contributed by atoms with Gasteiger partial charge in [-0.1, -0.05) is 73.1 Å². The molecule has 0 saturated carbocycles. The molecule has 1 unspecified atom stereocenters. The van der Waals surface area contributed by atoms with Gasteiger partial charge in [0.05, 0.1) is 11.7 Å². The Balaban J connectivity index is 1.44. The Kier molecular flexibility index (Phi) is 5.88. The van der Waals surface area contributed by atoms with Crippen LogP contribution in [0.5, 0.6) is 5.75 Å². The highest BCUT2D eigenvalue weighted by atomic mass is 35.5. The van der Waals surface area contributed by atoms with Crippen LogP contribution in [0.1, 0.15) is 46.6 Å². The molecule has 0 aliphatic carbocycles. The van der Waals surface area contributed by atoms with Crippen molar-refractivity contribution in [3.63, 3.8) is 0 Å². The summed E-state index contributed by atoms with van der Waals surface area (Å²) < 4.78 is 5.95. The number of fused-ring (bicyclic) bond motifs is 1. The number of rotatable bonds is 7. The van der Waals surface area contributed by atoms with Crippen molar-refractivity contribution in [3.05, 3.63) is 106 Å². The van der Waals surface area contributed by atoms with Gasteiger partial charge in [-0.3, -0.25) is 9.89 Å². The minimum Gasteiger partial charge on any atom is -0.489 e. The topological polar surface area (TPSA) is 58.2 Å². The van der Waals surface area contributed by atoms with E-state index >= 15 is 0 Å². The molecule has 0 radical (unpaired) electrons. The number of H-pyrrole nitrogens is 1. The molecule has 2 heterocycles. The van der Waals surface area contributed by atoms with Gasteiger partial charge in [0.25, 0.3) is 5.91 Å². The summed E-state index contributed by atoms with van der Waals surface area (Å²) in [5, 5.41) is 8.22. The van der Waals surface area contributed by atoms with E-state index in [1.807, 2.05) is 83.8 Å². The standard InChI is InChI=1S/C27H24ClN3O2/c1-2-16-31-26(23-24(19-6-4-3-5-7-19)29-30-25(23)27(31)32)20-10-14-22(15-11-20)33-17-18-8-12-21(28)13-9-18/h3-15,26H,2,16-17H2,1H3,(H,29,30). The van der Waals surface area contributed by atoms with Gasteiger partial charge in [-0.05, 0) is 41.8 Å². The molecule has 3 aromatic carbocycles. The van der Waals surface area contributed by atoms with Gasteiger partial charge in [-0.25, -0.2) is 0 Å². The van der Waals surface area contributed by atoms with Crippen LogP contribution in [0.4, 0.5) is 0 Å². The van der Waals surface area contributed by atoms with Gasteiger partial charge in [0.15, 0.2) is 0 Å². The normalized spacial score (nSPS) is 15.0. The maximum absolute atomic E-state index is 13.2. The van der Waals surface area contributed by atoms with Crippen molar-refractivity contribution in [3.8, 4) is 17.0 Å². The number of halogens is 1. The predicted molar refractivity (Wildman–Crippen MR) is 129 cm³/mol. The highest BCUT2D eigenvalue weighted by Crippen LogP contribution is 2.43. The number of benzene rings is 3. The quantitative estimate of drug-likeness (QED) is 0.356. The zero-order chi connectivity index (χ0) is 22.8. The summed E-state index contributed by atoms with van der Waals surface area (Å²) in [5.41, 5.74) is 5.42. The lowest BCUT2D eigenvalue weighted by atomic mass is 9.96. The van der Waals surface area contributed by atoms with E-state index in [0.717, 1.165) is 40.1 Å². The summed E-state index contributed by atoms with van der Waals surface area (Å²) in [4.78, 5) is 15.1. The highest BCUT2D eigenvalue weighted by Gasteiger charge is 2.41. The lowest BCUT2D eigenvalue weighted by molar-refractivity contribution is 0.0744. The molecule has 1 aliphatic heterocycles. The molecule has 1 aliphatic rings. The number of amides is 1. The summed E-state index contributed by atoms with van der Waals surface area (Å²) in [6, 6.07) is 25.4. The Hall–Kier alpha value is -3.57. The minimum absolute atomic E-state index is 0.00500. The highest BCUT2D eigenvalue weighted by molar-refractivity contribution is 6.30. The molecule has 1 N–H and O–H groups in total. The molecule has 0 saturated heterocycles. The molecule has 166 valence electrons. The molecule has 33 heavy (non-hydrogen) atoms. The first-order valence-electron chi connectivity index (χ1n) is 11.1. The van der Waals surface area contributed by atoms with Crippen molar-refractivity contribution < 1.29 is 9.53 Å². The van der Waals surface area contributed by atoms with Gasteiger partial charge in [0, 0.05) is 22.7 Å². The summed E-state index contributed by atoms with van der Waals surface area (Å²) in [6.45, 7) is 3.22. The van der Waals surface area contributed by atoms with E-state index in [9.17, 15) is 4.79 Å². The first-order valence-corrected chi connectivity index (χ1v) is 11.5. The van der Waals surface area contributed by atoms with Gasteiger partial charge in [0.1, 0.15) is 18.1 Å². The molecule has 5 nitrogen and oxygen atoms in total. The van der Waals surface area contributed by atoms with E-state index in [0.29, 0.717) is 23.9 Å². The van der Waals surface area contributed by atoms with Crippen molar-refractivity contribution in [2.75, 3.05) is 6.54 Å². The van der Waals surface area contributed by atoms with Crippen LogP contribution in [-0.2, 0) is 6.61 Å². The Morgan fingerprint density at radius 3 is 2.42 bits per heavy atom. The number of nitrogens with zero attached hydrogens (tertiary/aromatic N) is 2. The van der Waals surface area contributed by atoms with Crippen molar-refractivity contribution in [1.82, 2.24) is 15.1 Å². The molecule has 4 aromatic rings. The van der Waals surface area contributed by atoms with Gasteiger partial charge in [-0.2, -0.15) is 5.10 Å². The maximum Gasteiger partial charge on any atom is 0.273 e. The van der Waals surface area contributed by atoms with Crippen LogP contribution in [0.3, 0.4) is 0 Å². The zero-order valence-corrected chi connectivity index (χ0v) is 19.0. The average Bonchev–Trinajstić information content (AvgIpc) is 3.39. The van der Waals surface area contributed by atoms with E-state index in [-0.39, 0.29) is 11.9 Å². The van der Waals surface area contributed by atoms with Gasteiger partial charge in [-0.15, -0.1) is 0 Å². The number of aromatic nitrogens is 2. The summed E-state index contributed by atoms with van der Waals surface area (Å²) in [7, 11) is 0. The number of nitrogens with one attached hydrogen (secondary N) is 1. The van der Waals surface area contributed by atoms with Crippen LogP contribution in [0.25, 0.3) is 11.3 Å². The van der Waals surface area contributed by atoms with Crippen LogP contribution in [0.15, 0.2) is 78.9 Å². The lowest BCUT2D eigenvalue weighted by Crippen LogP contribution is -2.30. The third kappa shape index (κ3) is 4.12. The molecule has 5 rings (SSSR count). The number of carbonyl (C=O) groups is 1. The number of carbonyl (C=O) groups excluding carboxylic acids is 1. The minimum atomic E-state index is -0.188. The Morgan fingerprint density at radius 2 is 1.73 bits per heavy atom. The number of ether oxygens (including phenoxy) is 1. The molecule has 0 fully saturated rings. The fourth-order valence-corrected chi connectivity index (χ4v) is 4.45. The van der Waals surface area contributed by atoms with Crippen LogP contribution in [0.2, 0.25) is 5.02 Å². The predicted octanol–water partition coefficient (Wildman–Crippen LogP) is 6.26. The monoisotopic (exact) mass is 457 g/mol. The average molecular weight is 458 g/mol. The van der Waals surface area contributed by atoms with E-state index in [2.05, 4.69) is 17.1 Å². The lowest BCUT2D eigenvalue weighted by Gasteiger charge is -2.26.